The number of amides is 1. The molecule has 138 valence electrons. The van der Waals surface area contributed by atoms with Crippen LogP contribution in [0.5, 0.6) is 5.75 Å². The largest absolute Gasteiger partial charge is 0.501 e. The van der Waals surface area contributed by atoms with Gasteiger partial charge in [-0.1, -0.05) is 6.07 Å². The second-order valence-corrected chi connectivity index (χ2v) is 7.24. The summed E-state index contributed by atoms with van der Waals surface area (Å²) in [6, 6.07) is 2.92. The summed E-state index contributed by atoms with van der Waals surface area (Å²) in [5, 5.41) is 0. The van der Waals surface area contributed by atoms with E-state index in [0.717, 1.165) is 0 Å². The topological polar surface area (TPSA) is 48.0 Å². The van der Waals surface area contributed by atoms with Crippen LogP contribution >= 0.6 is 0 Å². The highest BCUT2D eigenvalue weighted by atomic mass is 19.1. The van der Waals surface area contributed by atoms with Crippen molar-refractivity contribution in [2.45, 2.75) is 59.7 Å². The predicted molar refractivity (Wildman–Crippen MR) is 95.8 cm³/mol. The highest BCUT2D eigenvalue weighted by molar-refractivity contribution is 6.63. The van der Waals surface area contributed by atoms with Gasteiger partial charge < -0.3 is 18.9 Å². The molecule has 0 radical (unpaired) electrons. The van der Waals surface area contributed by atoms with Gasteiger partial charge in [-0.2, -0.15) is 0 Å². The van der Waals surface area contributed by atoms with Crippen molar-refractivity contribution in [1.29, 1.82) is 0 Å². The zero-order valence-electron chi connectivity index (χ0n) is 16.1. The van der Waals surface area contributed by atoms with Gasteiger partial charge in [-0.3, -0.25) is 0 Å². The summed E-state index contributed by atoms with van der Waals surface area (Å²) in [4.78, 5) is 13.9. The summed E-state index contributed by atoms with van der Waals surface area (Å²) >= 11 is 0. The number of nitrogens with zero attached hydrogens (tertiary/aromatic N) is 1. The molecule has 0 saturated carbocycles. The number of hydrogen-bond acceptors (Lipinski definition) is 4. The zero-order chi connectivity index (χ0) is 19.0. The molecule has 1 fully saturated rings. The van der Waals surface area contributed by atoms with Crippen LogP contribution in [0.25, 0.3) is 0 Å². The lowest BCUT2D eigenvalue weighted by molar-refractivity contribution is 0.00578. The number of ether oxygens (including phenoxy) is 1. The van der Waals surface area contributed by atoms with Crippen molar-refractivity contribution in [3.63, 3.8) is 0 Å². The smallest absolute Gasteiger partial charge is 0.410 e. The first-order chi connectivity index (χ1) is 11.5. The Labute approximate surface area is 149 Å². The molecule has 5 nitrogen and oxygen atoms in total. The molecule has 0 aromatic heterocycles. The van der Waals surface area contributed by atoms with Crippen LogP contribution in [-0.2, 0) is 9.31 Å². The maximum Gasteiger partial charge on any atom is 0.501 e. The van der Waals surface area contributed by atoms with E-state index in [1.165, 1.54) is 11.0 Å². The highest BCUT2D eigenvalue weighted by Gasteiger charge is 2.53. The molecule has 7 heteroatoms. The molecular formula is C18H27BFNO4. The number of carbonyl (C=O) groups is 1. The Hall–Kier alpha value is -1.60. The molecule has 1 heterocycles. The van der Waals surface area contributed by atoms with Crippen molar-refractivity contribution < 1.29 is 23.2 Å². The highest BCUT2D eigenvalue weighted by Crippen LogP contribution is 2.37. The Morgan fingerprint density at radius 2 is 1.68 bits per heavy atom. The zero-order valence-corrected chi connectivity index (χ0v) is 16.1. The van der Waals surface area contributed by atoms with Crippen LogP contribution in [0.1, 0.15) is 47.1 Å². The fourth-order valence-corrected chi connectivity index (χ4v) is 2.63. The normalized spacial score (nSPS) is 18.3. The number of rotatable bonds is 4. The fraction of sp³-hybridized carbons (Fsp3) is 0.611. The third-order valence-electron chi connectivity index (χ3n) is 5.04. The van der Waals surface area contributed by atoms with E-state index in [9.17, 15) is 9.18 Å². The van der Waals surface area contributed by atoms with Gasteiger partial charge in [0.05, 0.1) is 16.7 Å². The van der Waals surface area contributed by atoms with E-state index >= 15 is 0 Å². The molecule has 0 bridgehead atoms. The van der Waals surface area contributed by atoms with Crippen molar-refractivity contribution in [1.82, 2.24) is 4.90 Å². The quantitative estimate of drug-likeness (QED) is 0.782. The molecule has 1 amide bonds. The molecule has 1 aliphatic heterocycles. The van der Waals surface area contributed by atoms with E-state index in [4.69, 9.17) is 14.0 Å². The first kappa shape index (κ1) is 19.7. The Morgan fingerprint density at radius 1 is 1.16 bits per heavy atom. The van der Waals surface area contributed by atoms with Crippen LogP contribution in [-0.4, -0.2) is 42.4 Å². The molecule has 0 atom stereocenters. The fourth-order valence-electron chi connectivity index (χ4n) is 2.63. The van der Waals surface area contributed by atoms with Gasteiger partial charge in [-0.25, -0.2) is 9.18 Å². The molecule has 1 saturated heterocycles. The average molecular weight is 351 g/mol. The van der Waals surface area contributed by atoms with Crippen LogP contribution in [0.2, 0.25) is 0 Å². The van der Waals surface area contributed by atoms with Crippen molar-refractivity contribution in [3.05, 3.63) is 23.5 Å². The summed E-state index contributed by atoms with van der Waals surface area (Å²) in [5.74, 6) is -0.359. The van der Waals surface area contributed by atoms with Gasteiger partial charge in [0.15, 0.2) is 0 Å². The molecule has 0 N–H and O–H groups in total. The number of benzene rings is 1. The van der Waals surface area contributed by atoms with Gasteiger partial charge >= 0.3 is 13.2 Å². The van der Waals surface area contributed by atoms with E-state index in [1.54, 1.807) is 13.0 Å². The summed E-state index contributed by atoms with van der Waals surface area (Å²) < 4.78 is 32.1. The lowest BCUT2D eigenvalue weighted by atomic mass is 9.77. The van der Waals surface area contributed by atoms with Gasteiger partial charge in [0, 0.05) is 13.1 Å². The predicted octanol–water partition coefficient (Wildman–Crippen LogP) is 3.27. The van der Waals surface area contributed by atoms with Crippen LogP contribution in [0, 0.1) is 12.7 Å². The Bertz CT molecular complexity index is 643. The van der Waals surface area contributed by atoms with E-state index in [2.05, 4.69) is 0 Å². The molecule has 0 unspecified atom stereocenters. The second kappa shape index (κ2) is 6.96. The summed E-state index contributed by atoms with van der Waals surface area (Å²) in [5.41, 5.74) is -0.465. The van der Waals surface area contributed by atoms with Gasteiger partial charge in [0.2, 0.25) is 0 Å². The standard InChI is InChI=1S/C18H27BFNO4/c1-8-21(9-2)16(22)23-15-12(3)10-11-13(20)14(15)19-24-17(4,5)18(6,7)25-19/h10-11H,8-9H2,1-7H3. The Kier molecular flexibility index (Phi) is 5.49. The SMILES string of the molecule is CCN(CC)C(=O)Oc1c(C)ccc(F)c1B1OC(C)(C)C(C)(C)O1. The number of hydrogen-bond donors (Lipinski definition) is 0. The van der Waals surface area contributed by atoms with E-state index in [-0.39, 0.29) is 11.2 Å². The molecule has 1 aromatic rings. The number of aryl methyl sites for hydroxylation is 1. The van der Waals surface area contributed by atoms with E-state index in [1.807, 2.05) is 41.5 Å². The summed E-state index contributed by atoms with van der Waals surface area (Å²) in [7, 11) is -0.940. The molecule has 0 spiro atoms. The van der Waals surface area contributed by atoms with Crippen LogP contribution in [0.15, 0.2) is 12.1 Å². The maximum atomic E-state index is 14.6. The van der Waals surface area contributed by atoms with E-state index in [0.29, 0.717) is 18.7 Å². The van der Waals surface area contributed by atoms with Gasteiger partial charge in [-0.15, -0.1) is 0 Å². The van der Waals surface area contributed by atoms with Crippen molar-refractivity contribution in [2.24, 2.45) is 0 Å². The molecule has 2 rings (SSSR count). The summed E-state index contributed by atoms with van der Waals surface area (Å²) in [6.45, 7) is 14.1. The van der Waals surface area contributed by atoms with Crippen molar-refractivity contribution in [3.8, 4) is 5.75 Å². The average Bonchev–Trinajstić information content (AvgIpc) is 2.72. The molecular weight excluding hydrogens is 324 g/mol. The Morgan fingerprint density at radius 3 is 2.16 bits per heavy atom. The van der Waals surface area contributed by atoms with Gasteiger partial charge in [0.1, 0.15) is 11.6 Å². The molecule has 0 aliphatic carbocycles. The Balaban J connectivity index is 2.43. The molecule has 1 aromatic carbocycles. The molecule has 1 aliphatic rings. The lowest BCUT2D eigenvalue weighted by Crippen LogP contribution is -2.41. The van der Waals surface area contributed by atoms with Crippen molar-refractivity contribution in [2.75, 3.05) is 13.1 Å². The minimum atomic E-state index is -0.940. The minimum Gasteiger partial charge on any atom is -0.410 e. The van der Waals surface area contributed by atoms with Crippen LogP contribution < -0.4 is 10.2 Å². The first-order valence-corrected chi connectivity index (χ1v) is 8.65. The van der Waals surface area contributed by atoms with Gasteiger partial charge in [0.25, 0.3) is 0 Å². The number of halogens is 1. The lowest BCUT2D eigenvalue weighted by Gasteiger charge is -2.32. The van der Waals surface area contributed by atoms with E-state index < -0.39 is 30.2 Å². The maximum absolute atomic E-state index is 14.6. The minimum absolute atomic E-state index is 0.124. The first-order valence-electron chi connectivity index (χ1n) is 8.65. The second-order valence-electron chi connectivity index (χ2n) is 7.24. The van der Waals surface area contributed by atoms with Crippen LogP contribution in [0.4, 0.5) is 9.18 Å². The monoisotopic (exact) mass is 351 g/mol. The van der Waals surface area contributed by atoms with Crippen LogP contribution in [0.3, 0.4) is 0 Å². The van der Waals surface area contributed by atoms with Crippen molar-refractivity contribution >= 4 is 18.7 Å². The number of carbonyl (C=O) groups excluding carboxylic acids is 1. The third-order valence-corrected chi connectivity index (χ3v) is 5.04. The van der Waals surface area contributed by atoms with Gasteiger partial charge in [-0.05, 0) is 60.1 Å². The summed E-state index contributed by atoms with van der Waals surface area (Å²) in [6.07, 6.45) is -0.517. The molecule has 25 heavy (non-hydrogen) atoms. The third kappa shape index (κ3) is 3.67.